The first kappa shape index (κ1) is 16.6. The van der Waals surface area contributed by atoms with Crippen molar-refractivity contribution >= 4 is 34.3 Å². The van der Waals surface area contributed by atoms with Gasteiger partial charge in [0.1, 0.15) is 0 Å². The monoisotopic (exact) mass is 356 g/mol. The third-order valence-corrected chi connectivity index (χ3v) is 9.05. The molecule has 24 heavy (non-hydrogen) atoms. The molecule has 0 aliphatic rings. The molecule has 0 aromatic heterocycles. The molecule has 3 aromatic rings. The topological polar surface area (TPSA) is 63.6 Å². The largest absolute Gasteiger partial charge is 0.388 e. The van der Waals surface area contributed by atoms with E-state index in [0.717, 1.165) is 15.6 Å². The first-order chi connectivity index (χ1) is 11.5. The van der Waals surface area contributed by atoms with Gasteiger partial charge in [-0.05, 0) is 15.6 Å². The number of hydrogen-bond donors (Lipinski definition) is 1. The van der Waals surface area contributed by atoms with Crippen molar-refractivity contribution in [3.63, 3.8) is 0 Å². The molecular formula is C18H16O4SSi. The third kappa shape index (κ3) is 3.32. The quantitative estimate of drug-likeness (QED) is 0.427. The third-order valence-electron chi connectivity index (χ3n) is 3.77. The van der Waals surface area contributed by atoms with E-state index in [2.05, 4.69) is 0 Å². The molecule has 0 saturated carbocycles. The zero-order valence-electron chi connectivity index (χ0n) is 12.7. The normalized spacial score (nSPS) is 12.0. The average molecular weight is 356 g/mol. The molecule has 4 nitrogen and oxygen atoms in total. The maximum Gasteiger partial charge on any atom is 0.388 e. The molecule has 0 spiro atoms. The molecule has 0 radical (unpaired) electrons. The van der Waals surface area contributed by atoms with Crippen molar-refractivity contribution in [3.05, 3.63) is 91.0 Å². The minimum atomic E-state index is -4.66. The fraction of sp³-hybridized carbons (Fsp3) is 0. The Balaban J connectivity index is 2.37. The fourth-order valence-electron chi connectivity index (χ4n) is 2.82. The summed E-state index contributed by atoms with van der Waals surface area (Å²) >= 11 is 0. The van der Waals surface area contributed by atoms with Crippen LogP contribution in [0.3, 0.4) is 0 Å². The van der Waals surface area contributed by atoms with Crippen LogP contribution in [0.4, 0.5) is 0 Å². The zero-order chi connectivity index (χ0) is 17.0. The van der Waals surface area contributed by atoms with Crippen LogP contribution in [-0.2, 0) is 14.3 Å². The lowest BCUT2D eigenvalue weighted by atomic mass is 10.3. The Morgan fingerprint density at radius 2 is 0.917 bits per heavy atom. The number of benzene rings is 3. The van der Waals surface area contributed by atoms with E-state index in [4.69, 9.17) is 3.87 Å². The summed E-state index contributed by atoms with van der Waals surface area (Å²) in [6.07, 6.45) is 0. The number of hydrogen-bond acceptors (Lipinski definition) is 3. The Morgan fingerprint density at radius 3 is 1.17 bits per heavy atom. The molecule has 0 aliphatic carbocycles. The molecule has 0 aliphatic heterocycles. The molecule has 0 saturated heterocycles. The van der Waals surface area contributed by atoms with Gasteiger partial charge in [0.25, 0.3) is 0 Å². The summed E-state index contributed by atoms with van der Waals surface area (Å²) < 4.78 is 38.4. The van der Waals surface area contributed by atoms with Gasteiger partial charge >= 0.3 is 18.7 Å². The highest BCUT2D eigenvalue weighted by Crippen LogP contribution is 2.12. The molecule has 0 heterocycles. The Labute approximate surface area is 142 Å². The van der Waals surface area contributed by atoms with Crippen molar-refractivity contribution in [3.8, 4) is 0 Å². The standard InChI is InChI=1S/C18H16O4SSi/c19-23(20,21)22-24(16-10-4-1-5-11-16,17-12-6-2-7-13-17)18-14-8-3-9-15-18/h1-15H,(H,19,20,21). The van der Waals surface area contributed by atoms with Crippen LogP contribution in [0.1, 0.15) is 0 Å². The van der Waals surface area contributed by atoms with Crippen molar-refractivity contribution in [2.75, 3.05) is 0 Å². The van der Waals surface area contributed by atoms with Crippen LogP contribution in [0, 0.1) is 0 Å². The molecule has 0 unspecified atom stereocenters. The van der Waals surface area contributed by atoms with Gasteiger partial charge in [-0.3, -0.25) is 8.42 Å². The van der Waals surface area contributed by atoms with Crippen molar-refractivity contribution in [1.29, 1.82) is 0 Å². The average Bonchev–Trinajstić information content (AvgIpc) is 2.61. The van der Waals surface area contributed by atoms with E-state index in [1.807, 2.05) is 91.0 Å². The highest BCUT2D eigenvalue weighted by molar-refractivity contribution is 7.82. The van der Waals surface area contributed by atoms with Gasteiger partial charge in [0.15, 0.2) is 0 Å². The maximum atomic E-state index is 11.7. The van der Waals surface area contributed by atoms with Gasteiger partial charge in [0, 0.05) is 0 Å². The summed E-state index contributed by atoms with van der Waals surface area (Å²) in [6, 6.07) is 27.5. The first-order valence-corrected chi connectivity index (χ1v) is 10.6. The predicted molar refractivity (Wildman–Crippen MR) is 96.6 cm³/mol. The van der Waals surface area contributed by atoms with Crippen LogP contribution in [-0.4, -0.2) is 21.3 Å². The molecule has 0 atom stereocenters. The van der Waals surface area contributed by atoms with E-state index in [1.54, 1.807) is 0 Å². The van der Waals surface area contributed by atoms with Crippen LogP contribution >= 0.6 is 0 Å². The Bertz CT molecular complexity index is 801. The van der Waals surface area contributed by atoms with Crippen LogP contribution in [0.15, 0.2) is 91.0 Å². The lowest BCUT2D eigenvalue weighted by molar-refractivity contribution is 0.390. The van der Waals surface area contributed by atoms with Gasteiger partial charge in [-0.1, -0.05) is 91.0 Å². The predicted octanol–water partition coefficient (Wildman–Crippen LogP) is 1.47. The second kappa shape index (κ2) is 6.70. The molecule has 6 heteroatoms. The Morgan fingerprint density at radius 1 is 0.625 bits per heavy atom. The molecule has 122 valence electrons. The summed E-state index contributed by atoms with van der Waals surface area (Å²) in [5.41, 5.74) is 0. The van der Waals surface area contributed by atoms with E-state index in [9.17, 15) is 13.0 Å². The molecular weight excluding hydrogens is 340 g/mol. The van der Waals surface area contributed by atoms with Gasteiger partial charge in [0.05, 0.1) is 0 Å². The molecule has 1 N–H and O–H groups in total. The molecule has 0 bridgehead atoms. The van der Waals surface area contributed by atoms with Gasteiger partial charge in [-0.25, -0.2) is 0 Å². The summed E-state index contributed by atoms with van der Waals surface area (Å²) in [7, 11) is -8.06. The van der Waals surface area contributed by atoms with Crippen LogP contribution < -0.4 is 15.6 Å². The van der Waals surface area contributed by atoms with Crippen LogP contribution in [0.25, 0.3) is 0 Å². The molecule has 0 fully saturated rings. The second-order valence-corrected chi connectivity index (χ2v) is 9.91. The van der Waals surface area contributed by atoms with Crippen molar-refractivity contribution < 1.29 is 16.8 Å². The van der Waals surface area contributed by atoms with Crippen LogP contribution in [0.2, 0.25) is 0 Å². The van der Waals surface area contributed by atoms with Crippen molar-refractivity contribution in [1.82, 2.24) is 0 Å². The summed E-state index contributed by atoms with van der Waals surface area (Å²) in [5.74, 6) is 0. The molecule has 3 rings (SSSR count). The number of rotatable bonds is 5. The van der Waals surface area contributed by atoms with Crippen LogP contribution in [0.5, 0.6) is 0 Å². The van der Waals surface area contributed by atoms with Gasteiger partial charge in [-0.15, -0.1) is 0 Å². The SMILES string of the molecule is O=S(=O)(O)O[Si](c1ccccc1)(c1ccccc1)c1ccccc1. The highest BCUT2D eigenvalue weighted by Gasteiger charge is 2.45. The second-order valence-electron chi connectivity index (χ2n) is 5.29. The van der Waals surface area contributed by atoms with E-state index in [1.165, 1.54) is 0 Å². The maximum absolute atomic E-state index is 11.7. The van der Waals surface area contributed by atoms with Crippen molar-refractivity contribution in [2.45, 2.75) is 0 Å². The Kier molecular flexibility index (Phi) is 4.63. The zero-order valence-corrected chi connectivity index (χ0v) is 14.6. The Hall–Kier alpha value is -2.25. The van der Waals surface area contributed by atoms with Gasteiger partial charge in [0.2, 0.25) is 0 Å². The summed E-state index contributed by atoms with van der Waals surface area (Å²) in [5, 5.41) is 2.21. The lowest BCUT2D eigenvalue weighted by Gasteiger charge is -2.30. The summed E-state index contributed by atoms with van der Waals surface area (Å²) in [4.78, 5) is 0. The molecule has 0 amide bonds. The highest BCUT2D eigenvalue weighted by atomic mass is 32.3. The van der Waals surface area contributed by atoms with Gasteiger partial charge in [-0.2, -0.15) is 8.42 Å². The lowest BCUT2D eigenvalue weighted by Crippen LogP contribution is -2.69. The fourth-order valence-corrected chi connectivity index (χ4v) is 8.22. The van der Waals surface area contributed by atoms with E-state index in [0.29, 0.717) is 0 Å². The smallest absolute Gasteiger partial charge is 0.277 e. The minimum absolute atomic E-state index is 0.736. The van der Waals surface area contributed by atoms with E-state index >= 15 is 0 Å². The summed E-state index contributed by atoms with van der Waals surface area (Å²) in [6.45, 7) is 0. The molecule has 3 aromatic carbocycles. The van der Waals surface area contributed by atoms with E-state index < -0.39 is 18.7 Å². The van der Waals surface area contributed by atoms with Crippen molar-refractivity contribution in [2.24, 2.45) is 0 Å². The van der Waals surface area contributed by atoms with Gasteiger partial charge < -0.3 is 0 Å². The minimum Gasteiger partial charge on any atom is -0.277 e. The first-order valence-electron chi connectivity index (χ1n) is 7.37. The van der Waals surface area contributed by atoms with E-state index in [-0.39, 0.29) is 0 Å².